The van der Waals surface area contributed by atoms with E-state index in [9.17, 15) is 0 Å². The van der Waals surface area contributed by atoms with Gasteiger partial charge in [0.2, 0.25) is 0 Å². The molecule has 0 radical (unpaired) electrons. The number of hydrogen-bond acceptors (Lipinski definition) is 2. The van der Waals surface area contributed by atoms with Crippen LogP contribution in [0.2, 0.25) is 0 Å². The predicted octanol–water partition coefficient (Wildman–Crippen LogP) is 7.17. The molecule has 43 heavy (non-hydrogen) atoms. The summed E-state index contributed by atoms with van der Waals surface area (Å²) < 4.78 is 16.9. The van der Waals surface area contributed by atoms with Gasteiger partial charge in [-0.2, -0.15) is 0 Å². The quantitative estimate of drug-likeness (QED) is 0.118. The Morgan fingerprint density at radius 1 is 0.395 bits per heavy atom. The summed E-state index contributed by atoms with van der Waals surface area (Å²) in [5, 5.41) is 5.66. The zero-order valence-corrected chi connectivity index (χ0v) is 28.7. The Kier molecular flexibility index (Phi) is 9.14. The van der Waals surface area contributed by atoms with Gasteiger partial charge in [0, 0.05) is 0 Å². The van der Waals surface area contributed by atoms with E-state index in [1.807, 2.05) is 84.9 Å². The monoisotopic (exact) mass is 696 g/mol. The first kappa shape index (κ1) is 30.2. The van der Waals surface area contributed by atoms with Crippen LogP contribution in [0.25, 0.3) is 0 Å². The summed E-state index contributed by atoms with van der Waals surface area (Å²) in [6, 6.07) is 59.5. The van der Waals surface area contributed by atoms with Gasteiger partial charge in [0.1, 0.15) is 0 Å². The van der Waals surface area contributed by atoms with E-state index in [4.69, 9.17) is 11.8 Å². The molecule has 1 unspecified atom stereocenters. The summed E-state index contributed by atoms with van der Waals surface area (Å²) in [7, 11) is -3.48. The van der Waals surface area contributed by atoms with E-state index in [1.165, 1.54) is 0 Å². The molecule has 0 heterocycles. The van der Waals surface area contributed by atoms with Crippen LogP contribution in [0.5, 0.6) is 0 Å². The van der Waals surface area contributed by atoms with E-state index >= 15 is 4.57 Å². The third-order valence-electron chi connectivity index (χ3n) is 7.81. The second kappa shape index (κ2) is 13.0. The molecule has 0 spiro atoms. The molecule has 0 N–H and O–H groups in total. The minimum absolute atomic E-state index is 0.443. The van der Waals surface area contributed by atoms with Gasteiger partial charge in [-0.05, 0) is 0 Å². The molecule has 6 heteroatoms. The summed E-state index contributed by atoms with van der Waals surface area (Å²) in [6.07, 6.45) is 0. The van der Waals surface area contributed by atoms with Crippen molar-refractivity contribution in [3.8, 4) is 0 Å². The predicted molar refractivity (Wildman–Crippen MR) is 195 cm³/mol. The standard InChI is InChI=1S/C37H31OP3SSe/c38-39(31-19-7-1-8-20-31,32-21-9-2-10-22-32)37(40(42,33-23-11-3-12-24-33)34-25-13-4-14-26-34)41(43,35-27-15-5-16-28-35)36-29-17-6-18-30-36/h1-30,37H. The first-order valence-electron chi connectivity index (χ1n) is 14.1. The van der Waals surface area contributed by atoms with Gasteiger partial charge in [-0.1, -0.05) is 0 Å². The fraction of sp³-hybridized carbons (Fsp3) is 0.0270. The molecule has 212 valence electrons. The summed E-state index contributed by atoms with van der Waals surface area (Å²) in [6.45, 7) is 0. The Hall–Kier alpha value is -2.85. The van der Waals surface area contributed by atoms with E-state index in [-0.39, 0.29) is 0 Å². The first-order chi connectivity index (χ1) is 21.0. The number of benzene rings is 6. The van der Waals surface area contributed by atoms with Crippen molar-refractivity contribution < 1.29 is 4.57 Å². The molecule has 0 aliphatic heterocycles. The van der Waals surface area contributed by atoms with Crippen molar-refractivity contribution >= 4 is 77.4 Å². The normalized spacial score (nSPS) is 12.8. The van der Waals surface area contributed by atoms with Gasteiger partial charge in [-0.15, -0.1) is 0 Å². The maximum atomic E-state index is 16.9. The van der Waals surface area contributed by atoms with Crippen LogP contribution in [0.1, 0.15) is 0 Å². The average Bonchev–Trinajstić information content (AvgIpc) is 3.10. The van der Waals surface area contributed by atoms with Crippen molar-refractivity contribution in [1.29, 1.82) is 0 Å². The van der Waals surface area contributed by atoms with Crippen LogP contribution in [-0.2, 0) is 16.4 Å². The molecule has 0 aliphatic rings. The molecule has 6 rings (SSSR count). The SMILES string of the molecule is O=P(c1ccccc1)(c1ccccc1)C(P(=S)(c1ccccc1)c1ccccc1)P(=[Se])(c1ccccc1)c1ccccc1. The van der Waals surface area contributed by atoms with Crippen molar-refractivity contribution in [3.05, 3.63) is 182 Å². The second-order valence-corrected chi connectivity index (χ2v) is 25.5. The van der Waals surface area contributed by atoms with E-state index in [0.29, 0.717) is 0 Å². The second-order valence-electron chi connectivity index (χ2n) is 10.3. The fourth-order valence-corrected chi connectivity index (χ4v) is 33.4. The molecular formula is C37H31OP3SSe. The maximum absolute atomic E-state index is 16.9. The molecule has 0 saturated heterocycles. The zero-order valence-electron chi connectivity index (χ0n) is 23.5. The molecule has 6 aromatic rings. The number of rotatable bonds is 9. The Bertz CT molecular complexity index is 1580. The molecule has 0 saturated carbocycles. The molecule has 0 fully saturated rings. The average molecular weight is 696 g/mol. The molecular weight excluding hydrogens is 664 g/mol. The van der Waals surface area contributed by atoms with Gasteiger partial charge in [-0.25, -0.2) is 0 Å². The summed E-state index contributed by atoms with van der Waals surface area (Å²) in [5.74, 6) is 0. The van der Waals surface area contributed by atoms with Gasteiger partial charge >= 0.3 is 269 Å². The Morgan fingerprint density at radius 3 is 0.907 bits per heavy atom. The van der Waals surface area contributed by atoms with Crippen LogP contribution in [0, 0.1) is 0 Å². The van der Waals surface area contributed by atoms with E-state index in [1.54, 1.807) is 0 Å². The molecule has 0 aliphatic carbocycles. The number of hydrogen-bond donors (Lipinski definition) is 0. The van der Waals surface area contributed by atoms with Crippen LogP contribution in [0.4, 0.5) is 0 Å². The van der Waals surface area contributed by atoms with E-state index in [0.717, 1.165) is 31.8 Å². The van der Waals surface area contributed by atoms with Gasteiger partial charge in [0.25, 0.3) is 0 Å². The zero-order chi connectivity index (χ0) is 29.8. The Morgan fingerprint density at radius 2 is 0.628 bits per heavy atom. The van der Waals surface area contributed by atoms with Crippen LogP contribution in [0.15, 0.2) is 182 Å². The van der Waals surface area contributed by atoms with Crippen molar-refractivity contribution in [3.63, 3.8) is 0 Å². The molecule has 6 aromatic carbocycles. The van der Waals surface area contributed by atoms with Crippen molar-refractivity contribution in [2.75, 3.05) is 0 Å². The van der Waals surface area contributed by atoms with Crippen molar-refractivity contribution in [1.82, 2.24) is 0 Å². The van der Waals surface area contributed by atoms with Gasteiger partial charge < -0.3 is 0 Å². The van der Waals surface area contributed by atoms with Crippen LogP contribution in [-0.4, -0.2) is 20.2 Å². The summed E-state index contributed by atoms with van der Waals surface area (Å²) in [5.41, 5.74) is -2.63. The Balaban J connectivity index is 1.86. The molecule has 0 amide bonds. The summed E-state index contributed by atoms with van der Waals surface area (Å²) >= 11 is 11.0. The van der Waals surface area contributed by atoms with Crippen LogP contribution < -0.4 is 31.8 Å². The molecule has 0 aromatic heterocycles. The van der Waals surface area contributed by atoms with Crippen molar-refractivity contribution in [2.45, 2.75) is 5.14 Å². The van der Waals surface area contributed by atoms with Gasteiger partial charge in [0.15, 0.2) is 0 Å². The van der Waals surface area contributed by atoms with Crippen molar-refractivity contribution in [2.24, 2.45) is 0 Å². The van der Waals surface area contributed by atoms with Gasteiger partial charge in [0.05, 0.1) is 0 Å². The van der Waals surface area contributed by atoms with Crippen LogP contribution in [0.3, 0.4) is 0 Å². The molecule has 1 atom stereocenters. The minimum atomic E-state index is -3.48. The van der Waals surface area contributed by atoms with Gasteiger partial charge in [-0.3, -0.25) is 0 Å². The fourth-order valence-electron chi connectivity index (χ4n) is 5.83. The Labute approximate surface area is 267 Å². The van der Waals surface area contributed by atoms with E-state index in [2.05, 4.69) is 112 Å². The molecule has 1 nitrogen and oxygen atoms in total. The summed E-state index contributed by atoms with van der Waals surface area (Å²) in [4.78, 5) is 0. The van der Waals surface area contributed by atoms with Crippen LogP contribution >= 0.6 is 18.7 Å². The van der Waals surface area contributed by atoms with E-state index < -0.39 is 23.8 Å². The third kappa shape index (κ3) is 5.50. The third-order valence-corrected chi connectivity index (χ3v) is 31.2. The first-order valence-corrected chi connectivity index (χ1v) is 22.8. The molecule has 0 bridgehead atoms. The topological polar surface area (TPSA) is 17.1 Å².